The Kier molecular flexibility index (Phi) is 6.75. The van der Waals surface area contributed by atoms with Gasteiger partial charge in [-0.05, 0) is 69.1 Å². The topological polar surface area (TPSA) is 77.8 Å². The van der Waals surface area contributed by atoms with Crippen LogP contribution in [0.1, 0.15) is 0 Å². The van der Waals surface area contributed by atoms with E-state index in [0.717, 1.165) is 71.4 Å². The van der Waals surface area contributed by atoms with Crippen molar-refractivity contribution in [3.8, 4) is 56.7 Å². The molecule has 11 rings (SSSR count). The van der Waals surface area contributed by atoms with Crippen molar-refractivity contribution in [3.63, 3.8) is 0 Å². The van der Waals surface area contributed by atoms with Gasteiger partial charge in [0.2, 0.25) is 5.89 Å². The molecular formula is C48H28N4O2. The number of benzene rings is 8. The highest BCUT2D eigenvalue weighted by Crippen LogP contribution is 2.40. The Labute approximate surface area is 309 Å². The lowest BCUT2D eigenvalue weighted by molar-refractivity contribution is 0.617. The molecule has 0 saturated carbocycles. The van der Waals surface area contributed by atoms with Crippen LogP contribution in [0.15, 0.2) is 179 Å². The summed E-state index contributed by atoms with van der Waals surface area (Å²) in [5.74, 6) is 2.30. The van der Waals surface area contributed by atoms with E-state index in [-0.39, 0.29) is 0 Å². The molecular weight excluding hydrogens is 665 g/mol. The highest BCUT2D eigenvalue weighted by Gasteiger charge is 2.21. The molecule has 0 atom stereocenters. The van der Waals surface area contributed by atoms with Crippen molar-refractivity contribution in [1.29, 1.82) is 0 Å². The predicted molar refractivity (Wildman–Crippen MR) is 217 cm³/mol. The van der Waals surface area contributed by atoms with Gasteiger partial charge in [0, 0.05) is 39.1 Å². The number of hydrogen-bond donors (Lipinski definition) is 0. The van der Waals surface area contributed by atoms with Crippen molar-refractivity contribution in [2.75, 3.05) is 0 Å². The first kappa shape index (κ1) is 30.2. The summed E-state index contributed by atoms with van der Waals surface area (Å²) in [6.07, 6.45) is 0. The van der Waals surface area contributed by atoms with Gasteiger partial charge in [0.25, 0.3) is 0 Å². The third-order valence-electron chi connectivity index (χ3n) is 10.1. The Bertz CT molecular complexity index is 3220. The van der Waals surface area contributed by atoms with E-state index in [4.69, 9.17) is 28.8 Å². The quantitative estimate of drug-likeness (QED) is 0.167. The molecule has 0 aliphatic carbocycles. The third-order valence-corrected chi connectivity index (χ3v) is 10.1. The van der Waals surface area contributed by atoms with Crippen LogP contribution in [0.2, 0.25) is 0 Å². The highest BCUT2D eigenvalue weighted by atomic mass is 16.4. The summed E-state index contributed by atoms with van der Waals surface area (Å²) < 4.78 is 12.7. The number of hydrogen-bond acceptors (Lipinski definition) is 6. The van der Waals surface area contributed by atoms with E-state index in [1.165, 1.54) is 5.39 Å². The molecule has 11 aromatic rings. The molecule has 0 amide bonds. The van der Waals surface area contributed by atoms with Crippen LogP contribution in [0, 0.1) is 0 Å². The van der Waals surface area contributed by atoms with Crippen molar-refractivity contribution in [2.24, 2.45) is 0 Å². The van der Waals surface area contributed by atoms with Gasteiger partial charge in [-0.25, -0.2) is 19.9 Å². The second-order valence-corrected chi connectivity index (χ2v) is 13.4. The molecule has 0 saturated heterocycles. The van der Waals surface area contributed by atoms with Crippen molar-refractivity contribution in [1.82, 2.24) is 19.9 Å². The maximum absolute atomic E-state index is 6.48. The first-order chi connectivity index (χ1) is 26.7. The molecule has 0 aliphatic rings. The summed E-state index contributed by atoms with van der Waals surface area (Å²) in [5.41, 5.74) is 8.63. The average molecular weight is 693 g/mol. The second kappa shape index (κ2) is 12.1. The minimum atomic E-state index is 0.552. The second-order valence-electron chi connectivity index (χ2n) is 13.4. The molecule has 6 heteroatoms. The summed E-state index contributed by atoms with van der Waals surface area (Å²) in [5, 5.41) is 6.35. The number of furan rings is 1. The van der Waals surface area contributed by atoms with Gasteiger partial charge < -0.3 is 8.83 Å². The van der Waals surface area contributed by atoms with Crippen LogP contribution >= 0.6 is 0 Å². The standard InChI is InChI=1S/C48H28N4O2/c1-3-13-29(14-4-1)31-18-11-19-33(25-31)45-50-46(52-47(51-45)38-26-32-17-7-8-20-34(32)35-21-9-10-22-36(35)38)37-23-12-24-41-44(37)39-27-40-43(28-42(39)53-41)54-48(49-40)30-15-5-2-6-16-30/h1-28H. The number of aromatic nitrogens is 4. The monoisotopic (exact) mass is 692 g/mol. The van der Waals surface area contributed by atoms with Crippen LogP contribution in [0.5, 0.6) is 0 Å². The lowest BCUT2D eigenvalue weighted by atomic mass is 9.96. The van der Waals surface area contributed by atoms with Crippen molar-refractivity contribution >= 4 is 54.6 Å². The summed E-state index contributed by atoms with van der Waals surface area (Å²) in [7, 11) is 0. The van der Waals surface area contributed by atoms with Gasteiger partial charge in [0.1, 0.15) is 16.7 Å². The fraction of sp³-hybridized carbons (Fsp3) is 0. The summed E-state index contributed by atoms with van der Waals surface area (Å²) in [6, 6.07) is 57.8. The Morgan fingerprint density at radius 2 is 0.981 bits per heavy atom. The number of oxazole rings is 1. The smallest absolute Gasteiger partial charge is 0.227 e. The van der Waals surface area contributed by atoms with Crippen LogP contribution < -0.4 is 0 Å². The molecule has 0 N–H and O–H groups in total. The minimum Gasteiger partial charge on any atom is -0.456 e. The molecule has 3 heterocycles. The van der Waals surface area contributed by atoms with E-state index in [2.05, 4.69) is 109 Å². The zero-order chi connectivity index (χ0) is 35.6. The predicted octanol–water partition coefficient (Wildman–Crippen LogP) is 12.6. The Morgan fingerprint density at radius 1 is 0.333 bits per heavy atom. The largest absolute Gasteiger partial charge is 0.456 e. The summed E-state index contributed by atoms with van der Waals surface area (Å²) in [6.45, 7) is 0. The average Bonchev–Trinajstić information content (AvgIpc) is 3.83. The van der Waals surface area contributed by atoms with Crippen LogP contribution in [0.4, 0.5) is 0 Å². The summed E-state index contributed by atoms with van der Waals surface area (Å²) >= 11 is 0. The van der Waals surface area contributed by atoms with Gasteiger partial charge in [-0.1, -0.05) is 127 Å². The molecule has 252 valence electrons. The molecule has 54 heavy (non-hydrogen) atoms. The van der Waals surface area contributed by atoms with Crippen LogP contribution in [-0.2, 0) is 0 Å². The van der Waals surface area contributed by atoms with E-state index in [1.807, 2.05) is 60.7 Å². The molecule has 0 aliphatic heterocycles. The van der Waals surface area contributed by atoms with Crippen LogP contribution in [-0.4, -0.2) is 19.9 Å². The fourth-order valence-electron chi connectivity index (χ4n) is 7.59. The molecule has 0 unspecified atom stereocenters. The number of nitrogens with zero attached hydrogens (tertiary/aromatic N) is 4. The van der Waals surface area contributed by atoms with Crippen molar-refractivity contribution < 1.29 is 8.83 Å². The normalized spacial score (nSPS) is 11.7. The minimum absolute atomic E-state index is 0.552. The van der Waals surface area contributed by atoms with Gasteiger partial charge in [-0.2, -0.15) is 0 Å². The van der Waals surface area contributed by atoms with Gasteiger partial charge >= 0.3 is 0 Å². The first-order valence-corrected chi connectivity index (χ1v) is 17.9. The van der Waals surface area contributed by atoms with Gasteiger partial charge in [-0.3, -0.25) is 0 Å². The maximum Gasteiger partial charge on any atom is 0.227 e. The van der Waals surface area contributed by atoms with E-state index < -0.39 is 0 Å². The third kappa shape index (κ3) is 4.96. The molecule has 3 aromatic heterocycles. The Balaban J connectivity index is 1.16. The van der Waals surface area contributed by atoms with Gasteiger partial charge in [0.15, 0.2) is 23.1 Å². The molecule has 0 fully saturated rings. The Morgan fingerprint density at radius 3 is 1.81 bits per heavy atom. The zero-order valence-electron chi connectivity index (χ0n) is 28.8. The molecule has 8 aromatic carbocycles. The first-order valence-electron chi connectivity index (χ1n) is 17.9. The molecule has 6 nitrogen and oxygen atoms in total. The SMILES string of the molecule is c1ccc(-c2cccc(-c3nc(-c4cc5ccccc5c5ccccc45)nc(-c4cccc5oc6cc7oc(-c8ccccc8)nc7cc6c45)n3)c2)cc1. The molecule has 0 radical (unpaired) electrons. The van der Waals surface area contributed by atoms with Crippen LogP contribution in [0.3, 0.4) is 0 Å². The highest BCUT2D eigenvalue weighted by molar-refractivity contribution is 6.15. The Hall–Kier alpha value is -7.44. The lowest BCUT2D eigenvalue weighted by Gasteiger charge is -2.13. The number of rotatable bonds is 5. The van der Waals surface area contributed by atoms with E-state index in [9.17, 15) is 0 Å². The molecule has 0 bridgehead atoms. The lowest BCUT2D eigenvalue weighted by Crippen LogP contribution is -2.01. The maximum atomic E-state index is 6.48. The fourth-order valence-corrected chi connectivity index (χ4v) is 7.59. The van der Waals surface area contributed by atoms with Crippen molar-refractivity contribution in [2.45, 2.75) is 0 Å². The van der Waals surface area contributed by atoms with Crippen LogP contribution in [0.25, 0.3) is 111 Å². The van der Waals surface area contributed by atoms with E-state index in [0.29, 0.717) is 34.5 Å². The van der Waals surface area contributed by atoms with Gasteiger partial charge in [0.05, 0.1) is 0 Å². The summed E-state index contributed by atoms with van der Waals surface area (Å²) in [4.78, 5) is 20.6. The zero-order valence-corrected chi connectivity index (χ0v) is 28.8. The van der Waals surface area contributed by atoms with E-state index >= 15 is 0 Å². The van der Waals surface area contributed by atoms with Gasteiger partial charge in [-0.15, -0.1) is 0 Å². The molecule has 0 spiro atoms. The van der Waals surface area contributed by atoms with Crippen molar-refractivity contribution in [3.05, 3.63) is 170 Å². The van der Waals surface area contributed by atoms with E-state index in [1.54, 1.807) is 0 Å². The number of fused-ring (bicyclic) bond motifs is 7.